The van der Waals surface area contributed by atoms with Gasteiger partial charge in [0.25, 0.3) is 0 Å². The maximum atomic E-state index is 11.3. The van der Waals surface area contributed by atoms with E-state index in [2.05, 4.69) is 24.1 Å². The smallest absolute Gasteiger partial charge is 0.337 e. The van der Waals surface area contributed by atoms with Crippen LogP contribution in [0.1, 0.15) is 29.8 Å². The first-order chi connectivity index (χ1) is 8.81. The van der Waals surface area contributed by atoms with Gasteiger partial charge in [-0.15, -0.1) is 0 Å². The first kappa shape index (κ1) is 15.5. The molecule has 1 rings (SSSR count). The molecule has 0 saturated carbocycles. The number of aromatic carboxylic acids is 1. The molecule has 106 valence electrons. The zero-order valence-corrected chi connectivity index (χ0v) is 12.4. The summed E-state index contributed by atoms with van der Waals surface area (Å²) in [7, 11) is 4.04. The van der Waals surface area contributed by atoms with Gasteiger partial charge in [0.1, 0.15) is 0 Å². The zero-order chi connectivity index (χ0) is 14.6. The highest BCUT2D eigenvalue weighted by molar-refractivity contribution is 5.94. The number of hydrogen-bond acceptors (Lipinski definition) is 3. The summed E-state index contributed by atoms with van der Waals surface area (Å²) in [6, 6.07) is 5.60. The molecular formula is C15H24N2O2. The SMILES string of the molecule is Cc1ccc(C(=O)O)c(NC(CN(C)C)C(C)C)c1. The Morgan fingerprint density at radius 3 is 2.47 bits per heavy atom. The van der Waals surface area contributed by atoms with Gasteiger partial charge in [-0.05, 0) is 44.6 Å². The quantitative estimate of drug-likeness (QED) is 0.829. The van der Waals surface area contributed by atoms with Crippen LogP contribution in [0.25, 0.3) is 0 Å². The van der Waals surface area contributed by atoms with Crippen LogP contribution in [0.4, 0.5) is 5.69 Å². The lowest BCUT2D eigenvalue weighted by molar-refractivity contribution is 0.0698. The molecule has 0 aromatic heterocycles. The molecule has 0 heterocycles. The lowest BCUT2D eigenvalue weighted by Crippen LogP contribution is -2.36. The summed E-state index contributed by atoms with van der Waals surface area (Å²) in [6.07, 6.45) is 0. The number of nitrogens with zero attached hydrogens (tertiary/aromatic N) is 1. The van der Waals surface area contributed by atoms with Crippen LogP contribution in [0.5, 0.6) is 0 Å². The van der Waals surface area contributed by atoms with Crippen molar-refractivity contribution in [3.8, 4) is 0 Å². The van der Waals surface area contributed by atoms with Crippen LogP contribution in [0.15, 0.2) is 18.2 Å². The van der Waals surface area contributed by atoms with Gasteiger partial charge in [0, 0.05) is 18.3 Å². The van der Waals surface area contributed by atoms with E-state index in [4.69, 9.17) is 0 Å². The van der Waals surface area contributed by atoms with Crippen molar-refractivity contribution in [3.05, 3.63) is 29.3 Å². The number of likely N-dealkylation sites (N-methyl/N-ethyl adjacent to an activating group) is 1. The summed E-state index contributed by atoms with van der Waals surface area (Å²) in [5.41, 5.74) is 2.09. The number of anilines is 1. The zero-order valence-electron chi connectivity index (χ0n) is 12.4. The molecule has 2 N–H and O–H groups in total. The number of hydrogen-bond donors (Lipinski definition) is 2. The van der Waals surface area contributed by atoms with Gasteiger partial charge in [0.05, 0.1) is 5.56 Å². The standard InChI is InChI=1S/C15H24N2O2/c1-10(2)14(9-17(4)5)16-13-8-11(3)6-7-12(13)15(18)19/h6-8,10,14,16H,9H2,1-5H3,(H,18,19). The molecule has 0 fully saturated rings. The van der Waals surface area contributed by atoms with Gasteiger partial charge < -0.3 is 15.3 Å². The number of carboxylic acid groups (broad SMARTS) is 1. The molecule has 0 aliphatic rings. The molecule has 0 spiro atoms. The molecule has 1 unspecified atom stereocenters. The van der Waals surface area contributed by atoms with E-state index >= 15 is 0 Å². The first-order valence-corrected chi connectivity index (χ1v) is 6.56. The number of rotatable bonds is 6. The van der Waals surface area contributed by atoms with Crippen LogP contribution in [0, 0.1) is 12.8 Å². The fraction of sp³-hybridized carbons (Fsp3) is 0.533. The predicted molar refractivity (Wildman–Crippen MR) is 78.9 cm³/mol. The maximum Gasteiger partial charge on any atom is 0.337 e. The van der Waals surface area contributed by atoms with Crippen LogP contribution in [-0.2, 0) is 0 Å². The molecule has 4 heteroatoms. The molecule has 0 saturated heterocycles. The molecule has 0 aliphatic heterocycles. The van der Waals surface area contributed by atoms with Crippen LogP contribution in [0.3, 0.4) is 0 Å². The van der Waals surface area contributed by atoms with Crippen LogP contribution < -0.4 is 5.32 Å². The van der Waals surface area contributed by atoms with Gasteiger partial charge in [-0.1, -0.05) is 19.9 Å². The average Bonchev–Trinajstić information content (AvgIpc) is 2.26. The molecule has 0 amide bonds. The Hall–Kier alpha value is -1.55. The highest BCUT2D eigenvalue weighted by atomic mass is 16.4. The molecule has 1 aromatic carbocycles. The van der Waals surface area contributed by atoms with Crippen LogP contribution in [0.2, 0.25) is 0 Å². The van der Waals surface area contributed by atoms with E-state index in [9.17, 15) is 9.90 Å². The Morgan fingerprint density at radius 1 is 1.37 bits per heavy atom. The molecule has 0 bridgehead atoms. The summed E-state index contributed by atoms with van der Waals surface area (Å²) < 4.78 is 0. The number of benzene rings is 1. The largest absolute Gasteiger partial charge is 0.478 e. The number of nitrogens with one attached hydrogen (secondary N) is 1. The molecule has 0 radical (unpaired) electrons. The summed E-state index contributed by atoms with van der Waals surface area (Å²) in [5, 5.41) is 12.6. The molecular weight excluding hydrogens is 240 g/mol. The predicted octanol–water partition coefficient (Wildman–Crippen LogP) is 2.69. The van der Waals surface area contributed by atoms with Gasteiger partial charge in [-0.3, -0.25) is 0 Å². The second-order valence-electron chi connectivity index (χ2n) is 5.61. The van der Waals surface area contributed by atoms with Gasteiger partial charge >= 0.3 is 5.97 Å². The molecule has 4 nitrogen and oxygen atoms in total. The van der Waals surface area contributed by atoms with Crippen molar-refractivity contribution in [2.24, 2.45) is 5.92 Å². The summed E-state index contributed by atoms with van der Waals surface area (Å²) in [4.78, 5) is 13.4. The molecule has 19 heavy (non-hydrogen) atoms. The third kappa shape index (κ3) is 4.56. The average molecular weight is 264 g/mol. The summed E-state index contributed by atoms with van der Waals surface area (Å²) >= 11 is 0. The first-order valence-electron chi connectivity index (χ1n) is 6.56. The Bertz CT molecular complexity index is 442. The van der Waals surface area contributed by atoms with E-state index in [1.54, 1.807) is 6.07 Å². The van der Waals surface area contributed by atoms with Gasteiger partial charge in [-0.2, -0.15) is 0 Å². The minimum atomic E-state index is -0.894. The lowest BCUT2D eigenvalue weighted by atomic mass is 10.0. The Kier molecular flexibility index (Phi) is 5.36. The van der Waals surface area contributed by atoms with E-state index < -0.39 is 5.97 Å². The van der Waals surface area contributed by atoms with Gasteiger partial charge in [-0.25, -0.2) is 4.79 Å². The fourth-order valence-electron chi connectivity index (χ4n) is 1.98. The van der Waals surface area contributed by atoms with Crippen molar-refractivity contribution in [1.82, 2.24) is 4.90 Å². The minimum Gasteiger partial charge on any atom is -0.478 e. The Labute approximate surface area is 115 Å². The van der Waals surface area contributed by atoms with E-state index in [0.29, 0.717) is 17.2 Å². The monoisotopic (exact) mass is 264 g/mol. The van der Waals surface area contributed by atoms with Crippen LogP contribution >= 0.6 is 0 Å². The van der Waals surface area contributed by atoms with E-state index in [0.717, 1.165) is 12.1 Å². The Balaban J connectivity index is 3.01. The minimum absolute atomic E-state index is 0.217. The third-order valence-electron chi connectivity index (χ3n) is 3.11. The van der Waals surface area contributed by atoms with Crippen molar-refractivity contribution in [1.29, 1.82) is 0 Å². The number of carbonyl (C=O) groups is 1. The van der Waals surface area contributed by atoms with Crippen LogP contribution in [-0.4, -0.2) is 42.7 Å². The maximum absolute atomic E-state index is 11.3. The Morgan fingerprint density at radius 2 is 2.00 bits per heavy atom. The molecule has 0 aliphatic carbocycles. The highest BCUT2D eigenvalue weighted by Gasteiger charge is 2.17. The number of aryl methyl sites for hydroxylation is 1. The van der Waals surface area contributed by atoms with Crippen molar-refractivity contribution in [3.63, 3.8) is 0 Å². The molecule has 1 atom stereocenters. The second-order valence-corrected chi connectivity index (χ2v) is 5.61. The summed E-state index contributed by atoms with van der Waals surface area (Å²) in [5.74, 6) is -0.473. The van der Waals surface area contributed by atoms with Crippen molar-refractivity contribution in [2.45, 2.75) is 26.8 Å². The van der Waals surface area contributed by atoms with E-state index in [1.807, 2.05) is 33.2 Å². The van der Waals surface area contributed by atoms with Gasteiger partial charge in [0.15, 0.2) is 0 Å². The lowest BCUT2D eigenvalue weighted by Gasteiger charge is -2.27. The molecule has 1 aromatic rings. The third-order valence-corrected chi connectivity index (χ3v) is 3.11. The van der Waals surface area contributed by atoms with Crippen molar-refractivity contribution >= 4 is 11.7 Å². The topological polar surface area (TPSA) is 52.6 Å². The fourth-order valence-corrected chi connectivity index (χ4v) is 1.98. The van der Waals surface area contributed by atoms with Crippen molar-refractivity contribution in [2.75, 3.05) is 26.0 Å². The summed E-state index contributed by atoms with van der Waals surface area (Å²) in [6.45, 7) is 7.10. The number of carboxylic acids is 1. The van der Waals surface area contributed by atoms with Crippen molar-refractivity contribution < 1.29 is 9.90 Å². The normalized spacial score (nSPS) is 12.8. The van der Waals surface area contributed by atoms with E-state index in [-0.39, 0.29) is 6.04 Å². The van der Waals surface area contributed by atoms with E-state index in [1.165, 1.54) is 0 Å². The van der Waals surface area contributed by atoms with Gasteiger partial charge in [0.2, 0.25) is 0 Å². The highest BCUT2D eigenvalue weighted by Crippen LogP contribution is 2.20. The second kappa shape index (κ2) is 6.57.